The van der Waals surface area contributed by atoms with Gasteiger partial charge in [0, 0.05) is 18.8 Å². The maximum absolute atomic E-state index is 5.98. The Morgan fingerprint density at radius 1 is 1.21 bits per heavy atom. The van der Waals surface area contributed by atoms with Crippen molar-refractivity contribution in [2.24, 2.45) is 5.92 Å². The molecule has 2 rings (SSSR count). The molecule has 0 aliphatic rings. The summed E-state index contributed by atoms with van der Waals surface area (Å²) in [6.45, 7) is 4.35. The molecule has 2 heterocycles. The standard InChI is InChI=1S/C14H17IN4/c1-9(2)7-11-13(15)14(16)19-12(18-11)8-10-3-5-17-6-4-10/h3-6,9H,7-8H2,1-2H3,(H2,16,18,19). The van der Waals surface area contributed by atoms with Crippen LogP contribution < -0.4 is 5.73 Å². The zero-order chi connectivity index (χ0) is 13.8. The quantitative estimate of drug-likeness (QED) is 0.843. The highest BCUT2D eigenvalue weighted by atomic mass is 127. The average molecular weight is 368 g/mol. The van der Waals surface area contributed by atoms with E-state index in [1.807, 2.05) is 12.1 Å². The molecule has 19 heavy (non-hydrogen) atoms. The van der Waals surface area contributed by atoms with Crippen LogP contribution >= 0.6 is 22.6 Å². The summed E-state index contributed by atoms with van der Waals surface area (Å²) in [7, 11) is 0. The van der Waals surface area contributed by atoms with E-state index in [1.54, 1.807) is 12.4 Å². The van der Waals surface area contributed by atoms with Crippen LogP contribution in [-0.2, 0) is 12.8 Å². The fourth-order valence-corrected chi connectivity index (χ4v) is 2.31. The Labute approximate surface area is 127 Å². The predicted octanol–water partition coefficient (Wildman–Crippen LogP) is 2.85. The fourth-order valence-electron chi connectivity index (χ4n) is 1.85. The molecule has 0 saturated heterocycles. The highest BCUT2D eigenvalue weighted by molar-refractivity contribution is 14.1. The molecule has 0 aliphatic carbocycles. The van der Waals surface area contributed by atoms with Crippen molar-refractivity contribution < 1.29 is 0 Å². The fraction of sp³-hybridized carbons (Fsp3) is 0.357. The predicted molar refractivity (Wildman–Crippen MR) is 84.7 cm³/mol. The molecule has 2 aromatic heterocycles. The van der Waals surface area contributed by atoms with Gasteiger partial charge in [0.25, 0.3) is 0 Å². The summed E-state index contributed by atoms with van der Waals surface area (Å²) in [5.74, 6) is 1.91. The minimum Gasteiger partial charge on any atom is -0.383 e. The van der Waals surface area contributed by atoms with Crippen LogP contribution in [-0.4, -0.2) is 15.0 Å². The Morgan fingerprint density at radius 2 is 1.89 bits per heavy atom. The molecule has 0 fully saturated rings. The largest absolute Gasteiger partial charge is 0.383 e. The van der Waals surface area contributed by atoms with E-state index in [-0.39, 0.29) is 0 Å². The lowest BCUT2D eigenvalue weighted by Crippen LogP contribution is -2.10. The molecule has 0 spiro atoms. The number of nitrogens with two attached hydrogens (primary N) is 1. The van der Waals surface area contributed by atoms with Gasteiger partial charge in [-0.05, 0) is 52.6 Å². The van der Waals surface area contributed by atoms with Gasteiger partial charge in [0.1, 0.15) is 11.6 Å². The Balaban J connectivity index is 2.29. The van der Waals surface area contributed by atoms with Crippen molar-refractivity contribution in [2.75, 3.05) is 5.73 Å². The number of halogens is 1. The van der Waals surface area contributed by atoms with Crippen molar-refractivity contribution >= 4 is 28.4 Å². The van der Waals surface area contributed by atoms with Gasteiger partial charge in [0.2, 0.25) is 0 Å². The topological polar surface area (TPSA) is 64.7 Å². The molecule has 5 heteroatoms. The van der Waals surface area contributed by atoms with E-state index >= 15 is 0 Å². The van der Waals surface area contributed by atoms with Gasteiger partial charge >= 0.3 is 0 Å². The molecule has 0 bridgehead atoms. The highest BCUT2D eigenvalue weighted by Gasteiger charge is 2.11. The molecule has 0 atom stereocenters. The number of nitrogen functional groups attached to an aromatic ring is 1. The van der Waals surface area contributed by atoms with Gasteiger partial charge in [0.05, 0.1) is 9.26 Å². The van der Waals surface area contributed by atoms with Crippen LogP contribution in [0.5, 0.6) is 0 Å². The lowest BCUT2D eigenvalue weighted by molar-refractivity contribution is 0.629. The van der Waals surface area contributed by atoms with Crippen molar-refractivity contribution in [3.63, 3.8) is 0 Å². The Hall–Kier alpha value is -1.24. The van der Waals surface area contributed by atoms with E-state index in [2.05, 4.69) is 51.4 Å². The molecule has 0 aromatic carbocycles. The number of rotatable bonds is 4. The molecular formula is C14H17IN4. The van der Waals surface area contributed by atoms with Gasteiger partial charge < -0.3 is 5.73 Å². The van der Waals surface area contributed by atoms with Crippen LogP contribution in [0, 0.1) is 9.49 Å². The van der Waals surface area contributed by atoms with E-state index in [9.17, 15) is 0 Å². The first kappa shape index (κ1) is 14.2. The van der Waals surface area contributed by atoms with Crippen molar-refractivity contribution in [1.82, 2.24) is 15.0 Å². The monoisotopic (exact) mass is 368 g/mol. The average Bonchev–Trinajstić information content (AvgIpc) is 2.36. The summed E-state index contributed by atoms with van der Waals surface area (Å²) < 4.78 is 0.977. The number of pyridine rings is 1. The van der Waals surface area contributed by atoms with Crippen LogP contribution in [0.4, 0.5) is 5.82 Å². The first-order chi connectivity index (χ1) is 9.06. The molecule has 0 unspecified atom stereocenters. The second kappa shape index (κ2) is 6.27. The number of aromatic nitrogens is 3. The molecule has 0 radical (unpaired) electrons. The summed E-state index contributed by atoms with van der Waals surface area (Å²) in [6.07, 6.45) is 5.17. The minimum absolute atomic E-state index is 0.552. The van der Waals surface area contributed by atoms with E-state index < -0.39 is 0 Å². The number of nitrogens with zero attached hydrogens (tertiary/aromatic N) is 3. The Bertz CT molecular complexity index is 555. The Kier molecular flexibility index (Phi) is 4.68. The second-order valence-corrected chi connectivity index (χ2v) is 5.99. The van der Waals surface area contributed by atoms with Crippen LogP contribution in [0.25, 0.3) is 0 Å². The molecule has 4 nitrogen and oxygen atoms in total. The van der Waals surface area contributed by atoms with E-state index in [0.29, 0.717) is 18.2 Å². The van der Waals surface area contributed by atoms with Gasteiger partial charge in [-0.2, -0.15) is 0 Å². The van der Waals surface area contributed by atoms with E-state index in [0.717, 1.165) is 27.1 Å². The summed E-state index contributed by atoms with van der Waals surface area (Å²) in [5.41, 5.74) is 8.17. The van der Waals surface area contributed by atoms with Crippen LogP contribution in [0.15, 0.2) is 24.5 Å². The minimum atomic E-state index is 0.552. The summed E-state index contributed by atoms with van der Waals surface area (Å²) in [4.78, 5) is 13.0. The normalized spacial score (nSPS) is 10.9. The van der Waals surface area contributed by atoms with Gasteiger partial charge in [-0.25, -0.2) is 9.97 Å². The van der Waals surface area contributed by atoms with Crippen molar-refractivity contribution in [3.8, 4) is 0 Å². The van der Waals surface area contributed by atoms with Crippen molar-refractivity contribution in [2.45, 2.75) is 26.7 Å². The first-order valence-corrected chi connectivity index (χ1v) is 7.33. The maximum atomic E-state index is 5.98. The van der Waals surface area contributed by atoms with Gasteiger partial charge in [-0.15, -0.1) is 0 Å². The maximum Gasteiger partial charge on any atom is 0.140 e. The number of hydrogen-bond acceptors (Lipinski definition) is 4. The summed E-state index contributed by atoms with van der Waals surface area (Å²) in [5, 5.41) is 0. The zero-order valence-corrected chi connectivity index (χ0v) is 13.3. The first-order valence-electron chi connectivity index (χ1n) is 6.26. The smallest absolute Gasteiger partial charge is 0.140 e. The van der Waals surface area contributed by atoms with Crippen LogP contribution in [0.1, 0.15) is 30.9 Å². The molecule has 100 valence electrons. The van der Waals surface area contributed by atoms with Crippen molar-refractivity contribution in [3.05, 3.63) is 45.2 Å². The third-order valence-electron chi connectivity index (χ3n) is 2.70. The summed E-state index contributed by atoms with van der Waals surface area (Å²) >= 11 is 2.23. The van der Waals surface area contributed by atoms with E-state index in [4.69, 9.17) is 5.73 Å². The zero-order valence-electron chi connectivity index (χ0n) is 11.1. The highest BCUT2D eigenvalue weighted by Crippen LogP contribution is 2.20. The van der Waals surface area contributed by atoms with E-state index in [1.165, 1.54) is 0 Å². The third-order valence-corrected chi connectivity index (χ3v) is 3.88. The van der Waals surface area contributed by atoms with Gasteiger partial charge in [0.15, 0.2) is 0 Å². The van der Waals surface area contributed by atoms with Gasteiger partial charge in [-0.1, -0.05) is 13.8 Å². The van der Waals surface area contributed by atoms with Crippen molar-refractivity contribution in [1.29, 1.82) is 0 Å². The lowest BCUT2D eigenvalue weighted by atomic mass is 10.1. The molecular weight excluding hydrogens is 351 g/mol. The molecule has 0 amide bonds. The van der Waals surface area contributed by atoms with Gasteiger partial charge in [-0.3, -0.25) is 4.98 Å². The Morgan fingerprint density at radius 3 is 2.53 bits per heavy atom. The summed E-state index contributed by atoms with van der Waals surface area (Å²) in [6, 6.07) is 3.94. The SMILES string of the molecule is CC(C)Cc1nc(Cc2ccncc2)nc(N)c1I. The third kappa shape index (κ3) is 3.86. The number of anilines is 1. The molecule has 2 aromatic rings. The second-order valence-electron chi connectivity index (χ2n) is 4.92. The van der Waals surface area contributed by atoms with Crippen LogP contribution in [0.2, 0.25) is 0 Å². The molecule has 0 saturated carbocycles. The molecule has 2 N–H and O–H groups in total. The molecule has 0 aliphatic heterocycles. The van der Waals surface area contributed by atoms with Crippen LogP contribution in [0.3, 0.4) is 0 Å². The number of hydrogen-bond donors (Lipinski definition) is 1. The lowest BCUT2D eigenvalue weighted by Gasteiger charge is -2.10.